The summed E-state index contributed by atoms with van der Waals surface area (Å²) in [7, 11) is 0. The molecule has 0 saturated carbocycles. The van der Waals surface area contributed by atoms with Crippen LogP contribution < -0.4 is 16.4 Å². The van der Waals surface area contributed by atoms with Gasteiger partial charge in [0.1, 0.15) is 12.9 Å². The molecule has 5 N–H and O–H groups in total. The lowest BCUT2D eigenvalue weighted by atomic mass is 10.0. The monoisotopic (exact) mass is 348 g/mol. The number of carbonyl (C=O) groups is 3. The van der Waals surface area contributed by atoms with Gasteiger partial charge in [0.05, 0.1) is 19.2 Å². The van der Waals surface area contributed by atoms with Gasteiger partial charge in [0.25, 0.3) is 0 Å². The molecule has 0 fully saturated rings. The maximum atomic E-state index is 11.8. The summed E-state index contributed by atoms with van der Waals surface area (Å²) in [6.07, 6.45) is 1.04. The molecule has 2 amide bonds. The third-order valence-corrected chi connectivity index (χ3v) is 3.34. The van der Waals surface area contributed by atoms with Crippen LogP contribution in [0.15, 0.2) is 24.3 Å². The third kappa shape index (κ3) is 8.18. The Hall–Kier alpha value is -2.58. The highest BCUT2D eigenvalue weighted by atomic mass is 16.5. The lowest BCUT2D eigenvalue weighted by Crippen LogP contribution is -2.40. The lowest BCUT2D eigenvalue weighted by molar-refractivity contribution is -0.128. The summed E-state index contributed by atoms with van der Waals surface area (Å²) in [6.45, 7) is 1.84. The van der Waals surface area contributed by atoms with Crippen LogP contribution in [-0.2, 0) is 25.5 Å². The first-order chi connectivity index (χ1) is 12.0. The van der Waals surface area contributed by atoms with Gasteiger partial charge in [0.15, 0.2) is 0 Å². The van der Waals surface area contributed by atoms with E-state index in [0.29, 0.717) is 18.4 Å². The van der Waals surface area contributed by atoms with Crippen molar-refractivity contribution in [1.82, 2.24) is 10.6 Å². The number of hydrogen-bond donors (Lipinski definition) is 4. The van der Waals surface area contributed by atoms with E-state index >= 15 is 0 Å². The van der Waals surface area contributed by atoms with Crippen LogP contribution in [0.2, 0.25) is 0 Å². The van der Waals surface area contributed by atoms with Crippen molar-refractivity contribution in [2.24, 2.45) is 5.73 Å². The average Bonchev–Trinajstić information content (AvgIpc) is 2.60. The Labute approximate surface area is 146 Å². The molecular formula is C17H24N4O4. The first-order valence-corrected chi connectivity index (χ1v) is 7.90. The van der Waals surface area contributed by atoms with Crippen LogP contribution in [0.1, 0.15) is 18.1 Å². The van der Waals surface area contributed by atoms with Crippen molar-refractivity contribution in [2.75, 3.05) is 26.3 Å². The van der Waals surface area contributed by atoms with Crippen LogP contribution in [0.25, 0.3) is 0 Å². The molecule has 1 atom stereocenters. The zero-order valence-corrected chi connectivity index (χ0v) is 14.2. The second-order valence-electron chi connectivity index (χ2n) is 5.44. The number of rotatable bonds is 11. The predicted molar refractivity (Wildman–Crippen MR) is 93.5 cm³/mol. The molecule has 0 aromatic heterocycles. The molecule has 25 heavy (non-hydrogen) atoms. The van der Waals surface area contributed by atoms with Crippen molar-refractivity contribution in [2.45, 2.75) is 19.4 Å². The number of benzene rings is 1. The van der Waals surface area contributed by atoms with Gasteiger partial charge in [-0.3, -0.25) is 9.59 Å². The Morgan fingerprint density at radius 2 is 1.96 bits per heavy atom. The maximum Gasteiger partial charge on any atom is 0.246 e. The highest BCUT2D eigenvalue weighted by Crippen LogP contribution is 2.07. The van der Waals surface area contributed by atoms with Crippen LogP contribution in [-0.4, -0.2) is 56.2 Å². The Kier molecular flexibility index (Phi) is 9.05. The van der Waals surface area contributed by atoms with Crippen molar-refractivity contribution >= 4 is 23.8 Å². The number of nitrogens with one attached hydrogen (secondary N) is 3. The minimum Gasteiger partial charge on any atom is -0.370 e. The van der Waals surface area contributed by atoms with Gasteiger partial charge in [-0.15, -0.1) is 0 Å². The van der Waals surface area contributed by atoms with Gasteiger partial charge in [-0.05, 0) is 24.5 Å². The van der Waals surface area contributed by atoms with E-state index in [4.69, 9.17) is 15.9 Å². The van der Waals surface area contributed by atoms with Crippen molar-refractivity contribution in [3.63, 3.8) is 0 Å². The summed E-state index contributed by atoms with van der Waals surface area (Å²) < 4.78 is 5.12. The first kappa shape index (κ1) is 20.5. The molecule has 8 nitrogen and oxygen atoms in total. The van der Waals surface area contributed by atoms with Crippen LogP contribution in [0, 0.1) is 5.41 Å². The summed E-state index contributed by atoms with van der Waals surface area (Å²) >= 11 is 0. The highest BCUT2D eigenvalue weighted by molar-refractivity contribution is 5.96. The summed E-state index contributed by atoms with van der Waals surface area (Å²) in [5.74, 6) is -0.701. The Morgan fingerprint density at radius 3 is 2.52 bits per heavy atom. The molecule has 0 bridgehead atoms. The SMILES string of the molecule is CC(=N)c1ccc(C[C@@H](C=O)NC(=O)COCCNC(=O)CN)cc1. The number of ether oxygens (including phenoxy) is 1. The van der Waals surface area contributed by atoms with Gasteiger partial charge in [-0.1, -0.05) is 24.3 Å². The molecule has 0 radical (unpaired) electrons. The van der Waals surface area contributed by atoms with Crippen LogP contribution in [0.3, 0.4) is 0 Å². The minimum atomic E-state index is -0.653. The minimum absolute atomic E-state index is 0.0954. The molecule has 0 aliphatic carbocycles. The van der Waals surface area contributed by atoms with E-state index in [1.807, 2.05) is 12.1 Å². The summed E-state index contributed by atoms with van der Waals surface area (Å²) in [5.41, 5.74) is 7.29. The zero-order chi connectivity index (χ0) is 18.7. The molecule has 0 saturated heterocycles. The fraction of sp³-hybridized carbons (Fsp3) is 0.412. The Balaban J connectivity index is 2.34. The fourth-order valence-corrected chi connectivity index (χ4v) is 2.03. The lowest BCUT2D eigenvalue weighted by Gasteiger charge is -2.13. The molecule has 0 aliphatic rings. The number of nitrogens with two attached hydrogens (primary N) is 1. The van der Waals surface area contributed by atoms with Crippen LogP contribution in [0.4, 0.5) is 0 Å². The predicted octanol–water partition coefficient (Wildman–Crippen LogP) is -0.608. The molecule has 1 aromatic rings. The van der Waals surface area contributed by atoms with E-state index in [1.54, 1.807) is 19.1 Å². The number of hydrogen-bond acceptors (Lipinski definition) is 6. The van der Waals surface area contributed by atoms with Gasteiger partial charge in [0.2, 0.25) is 11.8 Å². The molecule has 0 unspecified atom stereocenters. The third-order valence-electron chi connectivity index (χ3n) is 3.34. The largest absolute Gasteiger partial charge is 0.370 e. The van der Waals surface area contributed by atoms with Crippen molar-refractivity contribution in [3.8, 4) is 0 Å². The van der Waals surface area contributed by atoms with Gasteiger partial charge >= 0.3 is 0 Å². The first-order valence-electron chi connectivity index (χ1n) is 7.90. The van der Waals surface area contributed by atoms with E-state index in [9.17, 15) is 14.4 Å². The second-order valence-corrected chi connectivity index (χ2v) is 5.44. The van der Waals surface area contributed by atoms with Crippen molar-refractivity contribution < 1.29 is 19.1 Å². The molecule has 1 aromatic carbocycles. The highest BCUT2D eigenvalue weighted by Gasteiger charge is 2.12. The van der Waals surface area contributed by atoms with E-state index in [-0.39, 0.29) is 32.2 Å². The van der Waals surface area contributed by atoms with Gasteiger partial charge in [0, 0.05) is 12.3 Å². The van der Waals surface area contributed by atoms with Gasteiger partial charge in [-0.2, -0.15) is 0 Å². The normalized spacial score (nSPS) is 11.4. The van der Waals surface area contributed by atoms with Crippen molar-refractivity contribution in [1.29, 1.82) is 5.41 Å². The Morgan fingerprint density at radius 1 is 1.28 bits per heavy atom. The fourth-order valence-electron chi connectivity index (χ4n) is 2.03. The van der Waals surface area contributed by atoms with Crippen molar-refractivity contribution in [3.05, 3.63) is 35.4 Å². The molecule has 8 heteroatoms. The average molecular weight is 348 g/mol. The molecule has 1 rings (SSSR count). The zero-order valence-electron chi connectivity index (χ0n) is 14.2. The van der Waals surface area contributed by atoms with Crippen LogP contribution >= 0.6 is 0 Å². The van der Waals surface area contributed by atoms with Crippen LogP contribution in [0.5, 0.6) is 0 Å². The quantitative estimate of drug-likeness (QED) is 0.240. The number of aldehydes is 1. The number of amides is 2. The molecule has 136 valence electrons. The summed E-state index contributed by atoms with van der Waals surface area (Å²) in [5, 5.41) is 12.6. The van der Waals surface area contributed by atoms with E-state index in [1.165, 1.54) is 0 Å². The number of carbonyl (C=O) groups excluding carboxylic acids is 3. The molecule has 0 aliphatic heterocycles. The molecular weight excluding hydrogens is 324 g/mol. The second kappa shape index (κ2) is 11.1. The summed E-state index contributed by atoms with van der Waals surface area (Å²) in [4.78, 5) is 33.8. The molecule has 0 spiro atoms. The standard InChI is InChI=1S/C17H24N4O4/c1-12(19)14-4-2-13(3-5-14)8-15(10-22)21-17(24)11-25-7-6-20-16(23)9-18/h2-5,10,15,19H,6-9,11,18H2,1H3,(H,20,23)(H,21,24)/t15-/m0/s1. The van der Waals surface area contributed by atoms with E-state index in [0.717, 1.165) is 11.1 Å². The van der Waals surface area contributed by atoms with Gasteiger partial charge in [-0.25, -0.2) is 0 Å². The van der Waals surface area contributed by atoms with E-state index in [2.05, 4.69) is 10.6 Å². The Bertz CT molecular complexity index is 601. The topological polar surface area (TPSA) is 134 Å². The summed E-state index contributed by atoms with van der Waals surface area (Å²) in [6, 6.07) is 6.61. The smallest absolute Gasteiger partial charge is 0.246 e. The van der Waals surface area contributed by atoms with E-state index < -0.39 is 11.9 Å². The molecule has 0 heterocycles. The van der Waals surface area contributed by atoms with Gasteiger partial charge < -0.3 is 31.3 Å². The maximum absolute atomic E-state index is 11.8.